The van der Waals surface area contributed by atoms with Gasteiger partial charge in [-0.25, -0.2) is 4.98 Å². The van der Waals surface area contributed by atoms with Gasteiger partial charge in [0.05, 0.1) is 14.2 Å². The lowest BCUT2D eigenvalue weighted by molar-refractivity contribution is 0.354. The van der Waals surface area contributed by atoms with Gasteiger partial charge < -0.3 is 20.1 Å². The van der Waals surface area contributed by atoms with Gasteiger partial charge in [-0.05, 0) is 61.3 Å². The molecule has 1 aromatic heterocycles. The van der Waals surface area contributed by atoms with Crippen molar-refractivity contribution in [3.8, 4) is 11.5 Å². The second-order valence-electron chi connectivity index (χ2n) is 5.34. The van der Waals surface area contributed by atoms with Crippen molar-refractivity contribution >= 4 is 23.1 Å². The van der Waals surface area contributed by atoms with Crippen molar-refractivity contribution in [2.45, 2.75) is 19.8 Å². The molecule has 0 radical (unpaired) electrons. The Balaban J connectivity index is 1.76. The zero-order valence-electron chi connectivity index (χ0n) is 14.3. The lowest BCUT2D eigenvalue weighted by Crippen LogP contribution is -2.30. The second-order valence-corrected chi connectivity index (χ2v) is 5.75. The van der Waals surface area contributed by atoms with Crippen molar-refractivity contribution in [1.29, 1.82) is 0 Å². The number of nitrogens with zero attached hydrogens (tertiary/aromatic N) is 1. The maximum absolute atomic E-state index is 5.32. The van der Waals surface area contributed by atoms with Crippen LogP contribution in [0, 0.1) is 6.92 Å². The monoisotopic (exact) mass is 345 g/mol. The van der Waals surface area contributed by atoms with E-state index in [1.54, 1.807) is 20.4 Å². The van der Waals surface area contributed by atoms with Gasteiger partial charge in [0.2, 0.25) is 0 Å². The predicted molar refractivity (Wildman–Crippen MR) is 101 cm³/mol. The van der Waals surface area contributed by atoms with E-state index in [0.717, 1.165) is 42.3 Å². The normalized spacial score (nSPS) is 10.1. The van der Waals surface area contributed by atoms with Crippen LogP contribution in [0.5, 0.6) is 11.5 Å². The topological polar surface area (TPSA) is 55.4 Å². The number of aromatic nitrogens is 1. The summed E-state index contributed by atoms with van der Waals surface area (Å²) >= 11 is 5.30. The van der Waals surface area contributed by atoms with Crippen LogP contribution in [0.15, 0.2) is 36.5 Å². The third-order valence-corrected chi connectivity index (χ3v) is 3.86. The molecular weight excluding hydrogens is 322 g/mol. The van der Waals surface area contributed by atoms with Gasteiger partial charge >= 0.3 is 0 Å². The van der Waals surface area contributed by atoms with Crippen LogP contribution in [-0.4, -0.2) is 30.9 Å². The highest BCUT2D eigenvalue weighted by molar-refractivity contribution is 7.80. The Bertz CT molecular complexity index is 692. The summed E-state index contributed by atoms with van der Waals surface area (Å²) in [6.45, 7) is 2.78. The smallest absolute Gasteiger partial charge is 0.171 e. The SMILES string of the molecule is COc1ccc(CCCNC(=S)Nc2ncccc2C)cc1OC. The molecule has 0 aliphatic carbocycles. The van der Waals surface area contributed by atoms with E-state index in [2.05, 4.69) is 21.7 Å². The Morgan fingerprint density at radius 1 is 1.17 bits per heavy atom. The summed E-state index contributed by atoms with van der Waals surface area (Å²) in [5.74, 6) is 2.29. The van der Waals surface area contributed by atoms with Gasteiger partial charge in [0.25, 0.3) is 0 Å². The number of anilines is 1. The summed E-state index contributed by atoms with van der Waals surface area (Å²) < 4.78 is 10.6. The van der Waals surface area contributed by atoms with Crippen LogP contribution < -0.4 is 20.1 Å². The Morgan fingerprint density at radius 2 is 1.96 bits per heavy atom. The van der Waals surface area contributed by atoms with Crippen LogP contribution in [0.4, 0.5) is 5.82 Å². The molecule has 0 unspecified atom stereocenters. The minimum Gasteiger partial charge on any atom is -0.493 e. The molecule has 1 heterocycles. The van der Waals surface area contributed by atoms with E-state index < -0.39 is 0 Å². The highest BCUT2D eigenvalue weighted by atomic mass is 32.1. The molecule has 128 valence electrons. The van der Waals surface area contributed by atoms with Crippen LogP contribution in [-0.2, 0) is 6.42 Å². The van der Waals surface area contributed by atoms with Gasteiger partial charge in [-0.3, -0.25) is 0 Å². The number of hydrogen-bond donors (Lipinski definition) is 2. The van der Waals surface area contributed by atoms with Gasteiger partial charge in [0.1, 0.15) is 5.82 Å². The van der Waals surface area contributed by atoms with E-state index >= 15 is 0 Å². The third kappa shape index (κ3) is 5.09. The van der Waals surface area contributed by atoms with Gasteiger partial charge in [0, 0.05) is 12.7 Å². The van der Waals surface area contributed by atoms with E-state index in [1.165, 1.54) is 5.56 Å². The summed E-state index contributed by atoms with van der Waals surface area (Å²) in [6.07, 6.45) is 3.63. The van der Waals surface area contributed by atoms with Crippen LogP contribution >= 0.6 is 12.2 Å². The average molecular weight is 345 g/mol. The summed E-state index contributed by atoms with van der Waals surface area (Å²) in [7, 11) is 3.28. The summed E-state index contributed by atoms with van der Waals surface area (Å²) in [6, 6.07) is 9.88. The second kappa shape index (κ2) is 9.08. The van der Waals surface area contributed by atoms with E-state index in [1.807, 2.05) is 31.2 Å². The number of hydrogen-bond acceptors (Lipinski definition) is 4. The van der Waals surface area contributed by atoms with Crippen molar-refractivity contribution < 1.29 is 9.47 Å². The van der Waals surface area contributed by atoms with E-state index in [0.29, 0.717) is 5.11 Å². The molecule has 0 saturated heterocycles. The average Bonchev–Trinajstić information content (AvgIpc) is 2.60. The molecule has 0 fully saturated rings. The molecular formula is C18H23N3O2S. The fourth-order valence-electron chi connectivity index (χ4n) is 2.30. The Morgan fingerprint density at radius 3 is 2.67 bits per heavy atom. The fraction of sp³-hybridized carbons (Fsp3) is 0.333. The van der Waals surface area contributed by atoms with Crippen LogP contribution in [0.2, 0.25) is 0 Å². The minimum absolute atomic E-state index is 0.587. The molecule has 2 aromatic rings. The molecule has 2 N–H and O–H groups in total. The molecule has 6 heteroatoms. The Hall–Kier alpha value is -2.34. The lowest BCUT2D eigenvalue weighted by atomic mass is 10.1. The molecule has 0 bridgehead atoms. The molecule has 5 nitrogen and oxygen atoms in total. The Labute approximate surface area is 148 Å². The zero-order chi connectivity index (χ0) is 17.4. The molecule has 0 aliphatic heterocycles. The molecule has 2 rings (SSSR count). The largest absolute Gasteiger partial charge is 0.493 e. The quantitative estimate of drug-likeness (QED) is 0.593. The van der Waals surface area contributed by atoms with Crippen LogP contribution in [0.25, 0.3) is 0 Å². The number of rotatable bonds is 7. The first-order valence-electron chi connectivity index (χ1n) is 7.81. The van der Waals surface area contributed by atoms with Crippen molar-refractivity contribution in [3.63, 3.8) is 0 Å². The molecule has 0 saturated carbocycles. The summed E-state index contributed by atoms with van der Waals surface area (Å²) in [5, 5.41) is 6.91. The predicted octanol–water partition coefficient (Wildman–Crippen LogP) is 3.33. The number of thiocarbonyl (C=S) groups is 1. The maximum atomic E-state index is 5.32. The van der Waals surface area contributed by atoms with Crippen molar-refractivity contribution in [2.24, 2.45) is 0 Å². The third-order valence-electron chi connectivity index (χ3n) is 3.62. The van der Waals surface area contributed by atoms with E-state index in [-0.39, 0.29) is 0 Å². The number of aryl methyl sites for hydroxylation is 2. The van der Waals surface area contributed by atoms with Gasteiger partial charge in [-0.15, -0.1) is 0 Å². The van der Waals surface area contributed by atoms with E-state index in [4.69, 9.17) is 21.7 Å². The first kappa shape index (κ1) is 18.0. The lowest BCUT2D eigenvalue weighted by Gasteiger charge is -2.12. The summed E-state index contributed by atoms with van der Waals surface area (Å²) in [5.41, 5.74) is 2.26. The molecule has 0 aliphatic rings. The first-order chi connectivity index (χ1) is 11.6. The number of ether oxygens (including phenoxy) is 2. The van der Waals surface area contributed by atoms with Gasteiger partial charge in [-0.2, -0.15) is 0 Å². The zero-order valence-corrected chi connectivity index (χ0v) is 15.1. The molecule has 0 amide bonds. The molecule has 0 spiro atoms. The van der Waals surface area contributed by atoms with Crippen LogP contribution in [0.3, 0.4) is 0 Å². The molecule has 1 aromatic carbocycles. The number of methoxy groups -OCH3 is 2. The molecule has 24 heavy (non-hydrogen) atoms. The fourth-order valence-corrected chi connectivity index (χ4v) is 2.50. The summed E-state index contributed by atoms with van der Waals surface area (Å²) in [4.78, 5) is 4.27. The number of benzene rings is 1. The highest BCUT2D eigenvalue weighted by Crippen LogP contribution is 2.27. The Kier molecular flexibility index (Phi) is 6.81. The molecule has 0 atom stereocenters. The van der Waals surface area contributed by atoms with Crippen LogP contribution in [0.1, 0.15) is 17.5 Å². The minimum atomic E-state index is 0.587. The standard InChI is InChI=1S/C18H23N3O2S/c1-13-6-4-10-19-17(13)21-18(24)20-11-5-7-14-8-9-15(22-2)16(12-14)23-3/h4,6,8-10,12H,5,7,11H2,1-3H3,(H2,19,20,21,24). The van der Waals surface area contributed by atoms with E-state index in [9.17, 15) is 0 Å². The first-order valence-corrected chi connectivity index (χ1v) is 8.22. The van der Waals surface area contributed by atoms with Crippen molar-refractivity contribution in [2.75, 3.05) is 26.1 Å². The number of pyridine rings is 1. The van der Waals surface area contributed by atoms with Gasteiger partial charge in [0.15, 0.2) is 16.6 Å². The van der Waals surface area contributed by atoms with Crippen molar-refractivity contribution in [1.82, 2.24) is 10.3 Å². The van der Waals surface area contributed by atoms with Gasteiger partial charge in [-0.1, -0.05) is 12.1 Å². The maximum Gasteiger partial charge on any atom is 0.171 e. The number of nitrogens with one attached hydrogen (secondary N) is 2. The highest BCUT2D eigenvalue weighted by Gasteiger charge is 2.05. The van der Waals surface area contributed by atoms with Crippen molar-refractivity contribution in [3.05, 3.63) is 47.7 Å².